The molecule has 0 bridgehead atoms. The fourth-order valence-corrected chi connectivity index (χ4v) is 2.10. The van der Waals surface area contributed by atoms with Crippen LogP contribution in [0.2, 0.25) is 0 Å². The van der Waals surface area contributed by atoms with Gasteiger partial charge in [-0.15, -0.1) is 0 Å². The molecule has 1 atom stereocenters. The number of nitrogens with zero attached hydrogens (tertiary/aromatic N) is 1. The molecule has 1 unspecified atom stereocenters. The molecule has 0 aromatic rings. The fourth-order valence-electron chi connectivity index (χ4n) is 2.10. The molecule has 0 radical (unpaired) electrons. The molecule has 3 heteroatoms. The third-order valence-electron chi connectivity index (χ3n) is 3.48. The van der Waals surface area contributed by atoms with Gasteiger partial charge in [0.1, 0.15) is 0 Å². The molecule has 0 aromatic carbocycles. The number of rotatable bonds is 4. The van der Waals surface area contributed by atoms with Gasteiger partial charge in [0.2, 0.25) is 0 Å². The van der Waals surface area contributed by atoms with E-state index in [-0.39, 0.29) is 0 Å². The molecule has 2 aliphatic rings. The average molecular weight is 198 g/mol. The Balaban J connectivity index is 1.62. The van der Waals surface area contributed by atoms with E-state index in [9.17, 15) is 0 Å². The maximum absolute atomic E-state index is 5.35. The van der Waals surface area contributed by atoms with Gasteiger partial charge >= 0.3 is 0 Å². The molecule has 1 saturated carbocycles. The molecule has 1 aliphatic heterocycles. The Morgan fingerprint density at radius 2 is 2.07 bits per heavy atom. The lowest BCUT2D eigenvalue weighted by Crippen LogP contribution is -2.49. The minimum absolute atomic E-state index is 0.666. The summed E-state index contributed by atoms with van der Waals surface area (Å²) >= 11 is 0. The van der Waals surface area contributed by atoms with Crippen molar-refractivity contribution in [1.82, 2.24) is 10.2 Å². The molecule has 1 aliphatic carbocycles. The van der Waals surface area contributed by atoms with E-state index in [1.165, 1.54) is 19.3 Å². The van der Waals surface area contributed by atoms with Gasteiger partial charge in [-0.2, -0.15) is 0 Å². The van der Waals surface area contributed by atoms with Crippen LogP contribution in [0.1, 0.15) is 26.2 Å². The highest BCUT2D eigenvalue weighted by atomic mass is 16.5. The third-order valence-corrected chi connectivity index (χ3v) is 3.48. The topological polar surface area (TPSA) is 24.5 Å². The first-order chi connectivity index (χ1) is 6.86. The Labute approximate surface area is 86.8 Å². The lowest BCUT2D eigenvalue weighted by molar-refractivity contribution is 0.0194. The second kappa shape index (κ2) is 5.10. The van der Waals surface area contributed by atoms with Crippen molar-refractivity contribution in [2.45, 2.75) is 38.3 Å². The molecule has 0 spiro atoms. The SMILES string of the molecule is CC(CNC1CCC1)N1CCOCC1. The highest BCUT2D eigenvalue weighted by Crippen LogP contribution is 2.18. The molecular formula is C11H22N2O. The molecule has 1 saturated heterocycles. The molecule has 2 rings (SSSR count). The normalized spacial score (nSPS) is 27.2. The predicted octanol–water partition coefficient (Wildman–Crippen LogP) is 0.849. The van der Waals surface area contributed by atoms with Crippen LogP contribution < -0.4 is 5.32 Å². The van der Waals surface area contributed by atoms with Gasteiger partial charge in [0.05, 0.1) is 13.2 Å². The smallest absolute Gasteiger partial charge is 0.0594 e. The molecule has 0 amide bonds. The summed E-state index contributed by atoms with van der Waals surface area (Å²) in [4.78, 5) is 2.52. The predicted molar refractivity (Wildman–Crippen MR) is 57.5 cm³/mol. The lowest BCUT2D eigenvalue weighted by Gasteiger charge is -2.35. The van der Waals surface area contributed by atoms with Gasteiger partial charge in [-0.1, -0.05) is 6.42 Å². The highest BCUT2D eigenvalue weighted by Gasteiger charge is 2.20. The molecule has 2 fully saturated rings. The van der Waals surface area contributed by atoms with Crippen LogP contribution in [0.3, 0.4) is 0 Å². The second-order valence-electron chi connectivity index (χ2n) is 4.53. The van der Waals surface area contributed by atoms with E-state index in [0.29, 0.717) is 6.04 Å². The van der Waals surface area contributed by atoms with E-state index < -0.39 is 0 Å². The summed E-state index contributed by atoms with van der Waals surface area (Å²) in [5.74, 6) is 0. The van der Waals surface area contributed by atoms with Crippen LogP contribution in [0.5, 0.6) is 0 Å². The molecule has 14 heavy (non-hydrogen) atoms. The van der Waals surface area contributed by atoms with E-state index in [4.69, 9.17) is 4.74 Å². The zero-order chi connectivity index (χ0) is 9.80. The van der Waals surface area contributed by atoms with Crippen LogP contribution in [0, 0.1) is 0 Å². The van der Waals surface area contributed by atoms with Gasteiger partial charge in [0, 0.05) is 31.7 Å². The minimum Gasteiger partial charge on any atom is -0.379 e. The van der Waals surface area contributed by atoms with Crippen LogP contribution in [0.25, 0.3) is 0 Å². The average Bonchev–Trinajstić information content (AvgIpc) is 2.16. The quantitative estimate of drug-likeness (QED) is 0.725. The van der Waals surface area contributed by atoms with Crippen molar-refractivity contribution < 1.29 is 4.74 Å². The summed E-state index contributed by atoms with van der Waals surface area (Å²) in [7, 11) is 0. The standard InChI is InChI=1S/C11H22N2O/c1-10(9-12-11-3-2-4-11)13-5-7-14-8-6-13/h10-12H,2-9H2,1H3. The zero-order valence-electron chi connectivity index (χ0n) is 9.17. The van der Waals surface area contributed by atoms with Crippen LogP contribution in [-0.4, -0.2) is 49.8 Å². The van der Waals surface area contributed by atoms with Crippen LogP contribution in [0.4, 0.5) is 0 Å². The molecule has 82 valence electrons. The third kappa shape index (κ3) is 2.69. The van der Waals surface area contributed by atoms with Gasteiger partial charge in [0.15, 0.2) is 0 Å². The maximum Gasteiger partial charge on any atom is 0.0594 e. The monoisotopic (exact) mass is 198 g/mol. The van der Waals surface area contributed by atoms with Crippen molar-refractivity contribution in [1.29, 1.82) is 0 Å². The van der Waals surface area contributed by atoms with Crippen LogP contribution in [0.15, 0.2) is 0 Å². The van der Waals surface area contributed by atoms with Crippen molar-refractivity contribution in [2.24, 2.45) is 0 Å². The second-order valence-corrected chi connectivity index (χ2v) is 4.53. The summed E-state index contributed by atoms with van der Waals surface area (Å²) in [6, 6.07) is 1.48. The van der Waals surface area contributed by atoms with E-state index in [0.717, 1.165) is 38.9 Å². The van der Waals surface area contributed by atoms with Crippen molar-refractivity contribution in [3.63, 3.8) is 0 Å². The molecule has 1 N–H and O–H groups in total. The molecular weight excluding hydrogens is 176 g/mol. The largest absolute Gasteiger partial charge is 0.379 e. The van der Waals surface area contributed by atoms with Crippen LogP contribution in [-0.2, 0) is 4.74 Å². The summed E-state index contributed by atoms with van der Waals surface area (Å²) in [6.45, 7) is 7.49. The number of ether oxygens (including phenoxy) is 1. The van der Waals surface area contributed by atoms with Gasteiger partial charge in [-0.3, -0.25) is 4.90 Å². The first-order valence-corrected chi connectivity index (χ1v) is 5.91. The van der Waals surface area contributed by atoms with Crippen molar-refractivity contribution in [3.05, 3.63) is 0 Å². The highest BCUT2D eigenvalue weighted by molar-refractivity contribution is 4.79. The summed E-state index contributed by atoms with van der Waals surface area (Å²) < 4.78 is 5.35. The lowest BCUT2D eigenvalue weighted by atomic mass is 9.93. The number of hydrogen-bond acceptors (Lipinski definition) is 3. The molecule has 1 heterocycles. The Hall–Kier alpha value is -0.120. The Kier molecular flexibility index (Phi) is 3.79. The summed E-state index contributed by atoms with van der Waals surface area (Å²) in [6.07, 6.45) is 4.19. The first kappa shape index (κ1) is 10.4. The van der Waals surface area contributed by atoms with E-state index in [2.05, 4.69) is 17.1 Å². The Morgan fingerprint density at radius 3 is 2.64 bits per heavy atom. The maximum atomic E-state index is 5.35. The van der Waals surface area contributed by atoms with Crippen molar-refractivity contribution >= 4 is 0 Å². The molecule has 3 nitrogen and oxygen atoms in total. The van der Waals surface area contributed by atoms with Gasteiger partial charge in [-0.25, -0.2) is 0 Å². The van der Waals surface area contributed by atoms with Gasteiger partial charge < -0.3 is 10.1 Å². The summed E-state index contributed by atoms with van der Waals surface area (Å²) in [5.41, 5.74) is 0. The fraction of sp³-hybridized carbons (Fsp3) is 1.00. The van der Waals surface area contributed by atoms with Crippen LogP contribution >= 0.6 is 0 Å². The summed E-state index contributed by atoms with van der Waals surface area (Å²) in [5, 5.41) is 3.63. The minimum atomic E-state index is 0.666. The Bertz CT molecular complexity index is 165. The number of nitrogens with one attached hydrogen (secondary N) is 1. The van der Waals surface area contributed by atoms with E-state index in [1.807, 2.05) is 0 Å². The van der Waals surface area contributed by atoms with Gasteiger partial charge in [-0.05, 0) is 19.8 Å². The number of morpholine rings is 1. The van der Waals surface area contributed by atoms with Crippen molar-refractivity contribution in [2.75, 3.05) is 32.8 Å². The van der Waals surface area contributed by atoms with Crippen molar-refractivity contribution in [3.8, 4) is 0 Å². The van der Waals surface area contributed by atoms with E-state index >= 15 is 0 Å². The first-order valence-electron chi connectivity index (χ1n) is 5.91. The van der Waals surface area contributed by atoms with Gasteiger partial charge in [0.25, 0.3) is 0 Å². The molecule has 0 aromatic heterocycles. The zero-order valence-corrected chi connectivity index (χ0v) is 9.17. The number of hydrogen-bond donors (Lipinski definition) is 1. The Morgan fingerprint density at radius 1 is 1.36 bits per heavy atom. The van der Waals surface area contributed by atoms with E-state index in [1.54, 1.807) is 0 Å².